The molecule has 0 atom stereocenters. The van der Waals surface area contributed by atoms with E-state index in [0.717, 1.165) is 11.1 Å². The number of hydrogen-bond donors (Lipinski definition) is 2. The number of benzene rings is 2. The molecule has 2 N–H and O–H groups in total. The standard InChI is InChI=1S/C17H16Cl2N2O3/c1-10-3-11(2)5-14(4-10)24-9-16(22)21-20-8-12-6-13(18)7-15(19)17(12)23/h3-8,23H,9H2,1-2H3,(H,21,22)/b20-8-. The lowest BCUT2D eigenvalue weighted by molar-refractivity contribution is -0.123. The molecule has 0 aromatic heterocycles. The van der Waals surface area contributed by atoms with Crippen LogP contribution in [0, 0.1) is 13.8 Å². The number of aromatic hydroxyl groups is 1. The number of phenolic OH excluding ortho intramolecular Hbond substituents is 1. The molecule has 0 saturated carbocycles. The average Bonchev–Trinajstić information content (AvgIpc) is 2.49. The monoisotopic (exact) mass is 366 g/mol. The summed E-state index contributed by atoms with van der Waals surface area (Å²) in [6.07, 6.45) is 1.25. The van der Waals surface area contributed by atoms with Gasteiger partial charge in [0.05, 0.1) is 11.2 Å². The van der Waals surface area contributed by atoms with Crippen LogP contribution >= 0.6 is 23.2 Å². The molecule has 0 aliphatic rings. The second-order valence-electron chi connectivity index (χ2n) is 5.23. The van der Waals surface area contributed by atoms with Crippen molar-refractivity contribution < 1.29 is 14.6 Å². The third-order valence-electron chi connectivity index (χ3n) is 3.02. The zero-order chi connectivity index (χ0) is 17.7. The molecule has 0 fully saturated rings. The fraction of sp³-hybridized carbons (Fsp3) is 0.176. The highest BCUT2D eigenvalue weighted by Gasteiger charge is 2.06. The summed E-state index contributed by atoms with van der Waals surface area (Å²) in [4.78, 5) is 11.7. The molecule has 1 amide bonds. The maximum Gasteiger partial charge on any atom is 0.277 e. The first-order chi connectivity index (χ1) is 11.3. The van der Waals surface area contributed by atoms with Gasteiger partial charge in [-0.25, -0.2) is 5.43 Å². The van der Waals surface area contributed by atoms with E-state index in [1.807, 2.05) is 32.0 Å². The molecule has 0 aliphatic heterocycles. The van der Waals surface area contributed by atoms with E-state index in [9.17, 15) is 9.90 Å². The van der Waals surface area contributed by atoms with E-state index in [-0.39, 0.29) is 17.4 Å². The number of phenols is 1. The molecule has 0 radical (unpaired) electrons. The second-order valence-corrected chi connectivity index (χ2v) is 6.07. The van der Waals surface area contributed by atoms with Gasteiger partial charge >= 0.3 is 0 Å². The zero-order valence-corrected chi connectivity index (χ0v) is 14.6. The third kappa shape index (κ3) is 5.15. The van der Waals surface area contributed by atoms with E-state index in [0.29, 0.717) is 16.3 Å². The van der Waals surface area contributed by atoms with Crippen LogP contribution in [0.1, 0.15) is 16.7 Å². The topological polar surface area (TPSA) is 70.9 Å². The van der Waals surface area contributed by atoms with Crippen LogP contribution in [0.15, 0.2) is 35.4 Å². The van der Waals surface area contributed by atoms with E-state index >= 15 is 0 Å². The summed E-state index contributed by atoms with van der Waals surface area (Å²) in [6.45, 7) is 3.72. The Morgan fingerprint density at radius 2 is 1.88 bits per heavy atom. The van der Waals surface area contributed by atoms with Gasteiger partial charge in [-0.05, 0) is 49.2 Å². The van der Waals surface area contributed by atoms with Crippen molar-refractivity contribution in [2.75, 3.05) is 6.61 Å². The van der Waals surface area contributed by atoms with Gasteiger partial charge in [0.1, 0.15) is 11.5 Å². The summed E-state index contributed by atoms with van der Waals surface area (Å²) in [5, 5.41) is 14.0. The van der Waals surface area contributed by atoms with Crippen LogP contribution in [0.5, 0.6) is 11.5 Å². The number of hydrazone groups is 1. The molecule has 126 valence electrons. The zero-order valence-electron chi connectivity index (χ0n) is 13.1. The molecule has 7 heteroatoms. The highest BCUT2D eigenvalue weighted by molar-refractivity contribution is 6.36. The van der Waals surface area contributed by atoms with Crippen LogP contribution in [0.4, 0.5) is 0 Å². The maximum absolute atomic E-state index is 11.7. The number of aryl methyl sites for hydroxylation is 2. The van der Waals surface area contributed by atoms with Crippen molar-refractivity contribution in [3.8, 4) is 11.5 Å². The summed E-state index contributed by atoms with van der Waals surface area (Å²) in [5.41, 5.74) is 4.70. The Kier molecular flexibility index (Phi) is 6.06. The highest BCUT2D eigenvalue weighted by atomic mass is 35.5. The Balaban J connectivity index is 1.91. The van der Waals surface area contributed by atoms with E-state index < -0.39 is 5.91 Å². The first kappa shape index (κ1) is 18.1. The van der Waals surface area contributed by atoms with Crippen LogP contribution in [0.3, 0.4) is 0 Å². The Morgan fingerprint density at radius 3 is 2.54 bits per heavy atom. The minimum Gasteiger partial charge on any atom is -0.506 e. The molecule has 2 aromatic rings. The van der Waals surface area contributed by atoms with Crippen molar-refractivity contribution in [1.29, 1.82) is 0 Å². The minimum atomic E-state index is -0.432. The van der Waals surface area contributed by atoms with Crippen molar-refractivity contribution in [3.05, 3.63) is 57.1 Å². The van der Waals surface area contributed by atoms with E-state index in [4.69, 9.17) is 27.9 Å². The molecule has 5 nitrogen and oxygen atoms in total. The number of halogens is 2. The van der Waals surface area contributed by atoms with Crippen LogP contribution in [0.25, 0.3) is 0 Å². The molecule has 0 bridgehead atoms. The van der Waals surface area contributed by atoms with Crippen LogP contribution < -0.4 is 10.2 Å². The molecule has 2 rings (SSSR count). The lowest BCUT2D eigenvalue weighted by Crippen LogP contribution is -2.24. The number of carbonyl (C=O) groups excluding carboxylic acids is 1. The van der Waals surface area contributed by atoms with E-state index in [1.54, 1.807) is 0 Å². The maximum atomic E-state index is 11.7. The molecular formula is C17H16Cl2N2O3. The predicted octanol–water partition coefficient (Wildman–Crippen LogP) is 3.84. The van der Waals surface area contributed by atoms with Gasteiger partial charge in [-0.15, -0.1) is 0 Å². The van der Waals surface area contributed by atoms with Gasteiger partial charge in [0.2, 0.25) is 0 Å². The Bertz CT molecular complexity index is 771. The highest BCUT2D eigenvalue weighted by Crippen LogP contribution is 2.29. The summed E-state index contributed by atoms with van der Waals surface area (Å²) in [6, 6.07) is 8.58. The normalized spacial score (nSPS) is 10.8. The SMILES string of the molecule is Cc1cc(C)cc(OCC(=O)N/N=C\c2cc(Cl)cc(Cl)c2O)c1. The van der Waals surface area contributed by atoms with Gasteiger partial charge in [0, 0.05) is 10.6 Å². The van der Waals surface area contributed by atoms with Crippen LogP contribution in [0.2, 0.25) is 10.0 Å². The predicted molar refractivity (Wildman–Crippen MR) is 95.3 cm³/mol. The largest absolute Gasteiger partial charge is 0.506 e. The summed E-state index contributed by atoms with van der Waals surface area (Å²) >= 11 is 11.6. The smallest absolute Gasteiger partial charge is 0.277 e. The summed E-state index contributed by atoms with van der Waals surface area (Å²) in [7, 11) is 0. The number of hydrogen-bond acceptors (Lipinski definition) is 4. The molecule has 24 heavy (non-hydrogen) atoms. The fourth-order valence-electron chi connectivity index (χ4n) is 2.06. The number of carbonyl (C=O) groups is 1. The Labute approximate surface area is 149 Å². The summed E-state index contributed by atoms with van der Waals surface area (Å²) < 4.78 is 5.42. The average molecular weight is 367 g/mol. The molecule has 2 aromatic carbocycles. The van der Waals surface area contributed by atoms with Gasteiger partial charge in [-0.2, -0.15) is 5.10 Å². The molecular weight excluding hydrogens is 351 g/mol. The van der Waals surface area contributed by atoms with Crippen molar-refractivity contribution >= 4 is 35.3 Å². The molecule has 0 unspecified atom stereocenters. The Morgan fingerprint density at radius 1 is 1.21 bits per heavy atom. The van der Waals surface area contributed by atoms with Crippen molar-refractivity contribution in [2.24, 2.45) is 5.10 Å². The number of nitrogens with one attached hydrogen (secondary N) is 1. The lowest BCUT2D eigenvalue weighted by atomic mass is 10.1. The molecule has 0 aliphatic carbocycles. The van der Waals surface area contributed by atoms with Crippen molar-refractivity contribution in [3.63, 3.8) is 0 Å². The number of ether oxygens (including phenoxy) is 1. The Hall–Kier alpha value is -2.24. The van der Waals surface area contributed by atoms with Crippen LogP contribution in [-0.2, 0) is 4.79 Å². The van der Waals surface area contributed by atoms with Crippen LogP contribution in [-0.4, -0.2) is 23.8 Å². The summed E-state index contributed by atoms with van der Waals surface area (Å²) in [5.74, 6) is 0.0227. The minimum absolute atomic E-state index is 0.105. The number of rotatable bonds is 5. The molecule has 0 saturated heterocycles. The fourth-order valence-corrected chi connectivity index (χ4v) is 2.56. The first-order valence-corrected chi connectivity index (χ1v) is 7.82. The van der Waals surface area contributed by atoms with E-state index in [2.05, 4.69) is 10.5 Å². The number of amides is 1. The van der Waals surface area contributed by atoms with Gasteiger partial charge in [0.15, 0.2) is 6.61 Å². The van der Waals surface area contributed by atoms with Gasteiger partial charge in [0.25, 0.3) is 5.91 Å². The first-order valence-electron chi connectivity index (χ1n) is 7.06. The van der Waals surface area contributed by atoms with Crippen molar-refractivity contribution in [2.45, 2.75) is 13.8 Å². The molecule has 0 heterocycles. The second kappa shape index (κ2) is 8.04. The van der Waals surface area contributed by atoms with Gasteiger partial charge in [-0.3, -0.25) is 4.79 Å². The van der Waals surface area contributed by atoms with E-state index in [1.165, 1.54) is 18.3 Å². The third-order valence-corrected chi connectivity index (χ3v) is 3.52. The number of nitrogens with zero attached hydrogens (tertiary/aromatic N) is 1. The van der Waals surface area contributed by atoms with Gasteiger partial charge < -0.3 is 9.84 Å². The lowest BCUT2D eigenvalue weighted by Gasteiger charge is -2.07. The molecule has 0 spiro atoms. The van der Waals surface area contributed by atoms with Crippen molar-refractivity contribution in [1.82, 2.24) is 5.43 Å². The van der Waals surface area contributed by atoms with Gasteiger partial charge in [-0.1, -0.05) is 29.3 Å². The quantitative estimate of drug-likeness (QED) is 0.623.